The van der Waals surface area contributed by atoms with Crippen LogP contribution >= 0.6 is 0 Å². The third-order valence-electron chi connectivity index (χ3n) is 4.15. The van der Waals surface area contributed by atoms with E-state index >= 15 is 0 Å². The molecule has 0 bridgehead atoms. The fourth-order valence-electron chi connectivity index (χ4n) is 2.70. The molecule has 1 aromatic carbocycles. The Morgan fingerprint density at radius 3 is 2.59 bits per heavy atom. The molecule has 1 atom stereocenters. The van der Waals surface area contributed by atoms with Gasteiger partial charge in [-0.3, -0.25) is 4.79 Å². The number of Topliss-reactive ketones (excluding diaryl/α,β-unsaturated/α-hetero) is 1. The van der Waals surface area contributed by atoms with Crippen molar-refractivity contribution in [2.24, 2.45) is 0 Å². The van der Waals surface area contributed by atoms with Crippen molar-refractivity contribution in [1.82, 2.24) is 4.40 Å². The van der Waals surface area contributed by atoms with Gasteiger partial charge in [0.05, 0.1) is 11.1 Å². The highest BCUT2D eigenvalue weighted by Gasteiger charge is 2.18. The van der Waals surface area contributed by atoms with Gasteiger partial charge >= 0.3 is 5.97 Å². The highest BCUT2D eigenvalue weighted by atomic mass is 16.6. The lowest BCUT2D eigenvalue weighted by Crippen LogP contribution is -2.26. The van der Waals surface area contributed by atoms with Crippen LogP contribution in [0.1, 0.15) is 35.3 Å². The van der Waals surface area contributed by atoms with E-state index in [2.05, 4.69) is 6.07 Å². The molecule has 0 saturated carbocycles. The van der Waals surface area contributed by atoms with Gasteiger partial charge in [-0.25, -0.2) is 4.79 Å². The van der Waals surface area contributed by atoms with Crippen LogP contribution in [0.5, 0.6) is 5.75 Å². The summed E-state index contributed by atoms with van der Waals surface area (Å²) in [5.41, 5.74) is 2.45. The summed E-state index contributed by atoms with van der Waals surface area (Å²) in [5, 5.41) is 9.38. The molecule has 0 aliphatic rings. The molecule has 3 rings (SSSR count). The summed E-state index contributed by atoms with van der Waals surface area (Å²) in [5.74, 6) is -0.108. The molecular formula is C21H18N2O4. The number of esters is 1. The number of hydrogen-bond acceptors (Lipinski definition) is 5. The average Bonchev–Trinajstić information content (AvgIpc) is 3.03. The van der Waals surface area contributed by atoms with Crippen molar-refractivity contribution < 1.29 is 19.1 Å². The molecule has 6 heteroatoms. The molecule has 2 heterocycles. The molecule has 3 aromatic rings. The summed E-state index contributed by atoms with van der Waals surface area (Å²) in [7, 11) is 0. The van der Waals surface area contributed by atoms with E-state index in [9.17, 15) is 14.9 Å². The van der Waals surface area contributed by atoms with Crippen LogP contribution in [0.15, 0.2) is 54.9 Å². The number of carbonyl (C=O) groups is 2. The summed E-state index contributed by atoms with van der Waals surface area (Å²) < 4.78 is 12.7. The second kappa shape index (κ2) is 7.75. The maximum absolute atomic E-state index is 12.2. The first-order chi connectivity index (χ1) is 13.0. The minimum absolute atomic E-state index is 0.0135. The maximum Gasteiger partial charge on any atom is 0.347 e. The first kappa shape index (κ1) is 18.2. The lowest BCUT2D eigenvalue weighted by Gasteiger charge is -2.14. The Morgan fingerprint density at radius 2 is 1.93 bits per heavy atom. The normalized spacial score (nSPS) is 11.6. The standard InChI is InChI=1S/C21H18N2O4/c1-14(24)16-6-8-18(9-7-16)27-15(2)21(25)26-13-17-12-23-10-4-3-5-20(23)19(17)11-22/h3-10,12,15H,13H2,1-2H3/t15-/m1/s1. The van der Waals surface area contributed by atoms with Crippen molar-refractivity contribution in [3.05, 3.63) is 71.5 Å². The van der Waals surface area contributed by atoms with Crippen molar-refractivity contribution in [1.29, 1.82) is 5.26 Å². The van der Waals surface area contributed by atoms with Gasteiger partial charge < -0.3 is 13.9 Å². The second-order valence-electron chi connectivity index (χ2n) is 6.08. The van der Waals surface area contributed by atoms with Crippen molar-refractivity contribution in [3.8, 4) is 11.8 Å². The SMILES string of the molecule is CC(=O)c1ccc(O[C@H](C)C(=O)OCc2cn3ccccc3c2C#N)cc1. The zero-order chi connectivity index (χ0) is 19.4. The zero-order valence-corrected chi connectivity index (χ0v) is 15.0. The van der Waals surface area contributed by atoms with Crippen LogP contribution in [0.3, 0.4) is 0 Å². The maximum atomic E-state index is 12.2. The Balaban J connectivity index is 1.63. The van der Waals surface area contributed by atoms with E-state index in [1.807, 2.05) is 28.8 Å². The third-order valence-corrected chi connectivity index (χ3v) is 4.15. The van der Waals surface area contributed by atoms with E-state index < -0.39 is 12.1 Å². The summed E-state index contributed by atoms with van der Waals surface area (Å²) in [4.78, 5) is 23.5. The Morgan fingerprint density at radius 1 is 1.19 bits per heavy atom. The van der Waals surface area contributed by atoms with E-state index in [4.69, 9.17) is 9.47 Å². The van der Waals surface area contributed by atoms with E-state index in [1.165, 1.54) is 6.92 Å². The van der Waals surface area contributed by atoms with E-state index in [0.717, 1.165) is 5.52 Å². The summed E-state index contributed by atoms with van der Waals surface area (Å²) >= 11 is 0. The minimum Gasteiger partial charge on any atom is -0.479 e. The van der Waals surface area contributed by atoms with E-state index in [0.29, 0.717) is 22.4 Å². The largest absolute Gasteiger partial charge is 0.479 e. The van der Waals surface area contributed by atoms with Gasteiger partial charge in [0, 0.05) is 23.5 Å². The highest BCUT2D eigenvalue weighted by molar-refractivity contribution is 5.94. The fraction of sp³-hybridized carbons (Fsp3) is 0.190. The molecule has 27 heavy (non-hydrogen) atoms. The van der Waals surface area contributed by atoms with Gasteiger partial charge in [-0.15, -0.1) is 0 Å². The molecule has 0 fully saturated rings. The number of ether oxygens (including phenoxy) is 2. The average molecular weight is 362 g/mol. The van der Waals surface area contributed by atoms with E-state index in [1.54, 1.807) is 37.4 Å². The smallest absolute Gasteiger partial charge is 0.347 e. The number of rotatable bonds is 6. The number of hydrogen-bond donors (Lipinski definition) is 0. The molecule has 0 aliphatic heterocycles. The Kier molecular flexibility index (Phi) is 5.23. The van der Waals surface area contributed by atoms with Gasteiger partial charge in [0.15, 0.2) is 11.9 Å². The topological polar surface area (TPSA) is 80.8 Å². The van der Waals surface area contributed by atoms with Crippen LogP contribution in [-0.2, 0) is 16.1 Å². The van der Waals surface area contributed by atoms with Crippen molar-refractivity contribution in [2.45, 2.75) is 26.6 Å². The number of benzene rings is 1. The van der Waals surface area contributed by atoms with Crippen molar-refractivity contribution in [2.75, 3.05) is 0 Å². The molecule has 0 aliphatic carbocycles. The highest BCUT2D eigenvalue weighted by Crippen LogP contribution is 2.19. The molecular weight excluding hydrogens is 344 g/mol. The third kappa shape index (κ3) is 3.98. The number of pyridine rings is 1. The number of nitrogens with zero attached hydrogens (tertiary/aromatic N) is 2. The van der Waals surface area contributed by atoms with Gasteiger partial charge in [-0.05, 0) is 50.2 Å². The van der Waals surface area contributed by atoms with E-state index in [-0.39, 0.29) is 12.4 Å². The molecule has 0 radical (unpaired) electrons. The quantitative estimate of drug-likeness (QED) is 0.495. The van der Waals surface area contributed by atoms with Gasteiger partial charge in [0.2, 0.25) is 0 Å². The lowest BCUT2D eigenvalue weighted by molar-refractivity contribution is -0.152. The number of carbonyl (C=O) groups excluding carboxylic acids is 2. The predicted molar refractivity (Wildman–Crippen MR) is 98.4 cm³/mol. The molecule has 0 amide bonds. The van der Waals surface area contributed by atoms with Crippen LogP contribution < -0.4 is 4.74 Å². The number of fused-ring (bicyclic) bond motifs is 1. The molecule has 136 valence electrons. The first-order valence-electron chi connectivity index (χ1n) is 8.42. The van der Waals surface area contributed by atoms with Crippen LogP contribution in [0.4, 0.5) is 0 Å². The molecule has 0 unspecified atom stereocenters. The number of aromatic nitrogens is 1. The van der Waals surface area contributed by atoms with Crippen molar-refractivity contribution >= 4 is 17.3 Å². The number of ketones is 1. The summed E-state index contributed by atoms with van der Waals surface area (Å²) in [6, 6.07) is 14.2. The Hall–Kier alpha value is -3.59. The summed E-state index contributed by atoms with van der Waals surface area (Å²) in [6.07, 6.45) is 2.78. The molecule has 6 nitrogen and oxygen atoms in total. The Labute approximate surface area is 156 Å². The molecule has 0 spiro atoms. The predicted octanol–water partition coefficient (Wildman–Crippen LogP) is 3.52. The lowest BCUT2D eigenvalue weighted by atomic mass is 10.1. The monoisotopic (exact) mass is 362 g/mol. The number of nitriles is 1. The van der Waals surface area contributed by atoms with Crippen LogP contribution in [-0.4, -0.2) is 22.3 Å². The van der Waals surface area contributed by atoms with Gasteiger partial charge in [0.25, 0.3) is 0 Å². The Bertz CT molecular complexity index is 1030. The van der Waals surface area contributed by atoms with Gasteiger partial charge in [0.1, 0.15) is 18.4 Å². The van der Waals surface area contributed by atoms with Crippen LogP contribution in [0, 0.1) is 11.3 Å². The van der Waals surface area contributed by atoms with Gasteiger partial charge in [-0.2, -0.15) is 5.26 Å². The summed E-state index contributed by atoms with van der Waals surface area (Å²) in [6.45, 7) is 3.06. The molecule has 0 N–H and O–H groups in total. The minimum atomic E-state index is -0.823. The fourth-order valence-corrected chi connectivity index (χ4v) is 2.70. The first-order valence-corrected chi connectivity index (χ1v) is 8.42. The van der Waals surface area contributed by atoms with Crippen molar-refractivity contribution in [3.63, 3.8) is 0 Å². The van der Waals surface area contributed by atoms with Crippen LogP contribution in [0.2, 0.25) is 0 Å². The molecule has 0 saturated heterocycles. The van der Waals surface area contributed by atoms with Crippen LogP contribution in [0.25, 0.3) is 5.52 Å². The second-order valence-corrected chi connectivity index (χ2v) is 6.08. The molecule has 2 aromatic heterocycles. The zero-order valence-electron chi connectivity index (χ0n) is 15.0. The van der Waals surface area contributed by atoms with Gasteiger partial charge in [-0.1, -0.05) is 6.07 Å².